The average Bonchev–Trinajstić information content (AvgIpc) is 2.44. The summed E-state index contributed by atoms with van der Waals surface area (Å²) < 4.78 is 63.0. The first-order valence-electron chi connectivity index (χ1n) is 6.35. The molecule has 0 aliphatic rings. The van der Waals surface area contributed by atoms with Crippen molar-refractivity contribution in [1.29, 1.82) is 0 Å². The molecule has 0 aliphatic carbocycles. The van der Waals surface area contributed by atoms with Gasteiger partial charge in [0.15, 0.2) is 0 Å². The predicted molar refractivity (Wildman–Crippen MR) is 85.8 cm³/mol. The van der Waals surface area contributed by atoms with Gasteiger partial charge >= 0.3 is 0 Å². The molecule has 0 saturated carbocycles. The van der Waals surface area contributed by atoms with Crippen LogP contribution in [0.4, 0.5) is 17.1 Å². The predicted octanol–water partition coefficient (Wildman–Crippen LogP) is 2.49. The fourth-order valence-corrected chi connectivity index (χ4v) is 2.98. The van der Waals surface area contributed by atoms with E-state index in [1.807, 2.05) is 0 Å². The van der Waals surface area contributed by atoms with Gasteiger partial charge in [-0.25, -0.2) is 0 Å². The lowest BCUT2D eigenvalue weighted by Gasteiger charge is -2.04. The average molecular weight is 371 g/mol. The lowest BCUT2D eigenvalue weighted by molar-refractivity contribution is 0.481. The SMILES string of the molecule is Cc1cc(N)ccc1N=Nc1cc(S(=O)(=O)O)cc(S(=O)(=O)O)c1. The minimum atomic E-state index is -4.70. The van der Waals surface area contributed by atoms with Gasteiger partial charge in [0.25, 0.3) is 20.2 Å². The Morgan fingerprint density at radius 2 is 1.42 bits per heavy atom. The van der Waals surface area contributed by atoms with Gasteiger partial charge in [0.2, 0.25) is 0 Å². The van der Waals surface area contributed by atoms with Gasteiger partial charge in [0.05, 0.1) is 21.2 Å². The maximum Gasteiger partial charge on any atom is 0.294 e. The number of aryl methyl sites for hydroxylation is 1. The number of nitrogen functional groups attached to an aromatic ring is 1. The topological polar surface area (TPSA) is 159 Å². The van der Waals surface area contributed by atoms with Gasteiger partial charge in [-0.05, 0) is 48.9 Å². The first-order chi connectivity index (χ1) is 11.0. The van der Waals surface area contributed by atoms with E-state index in [1.54, 1.807) is 25.1 Å². The van der Waals surface area contributed by atoms with Gasteiger partial charge < -0.3 is 5.73 Å². The number of rotatable bonds is 4. The molecule has 0 atom stereocenters. The molecule has 2 aromatic rings. The lowest BCUT2D eigenvalue weighted by Crippen LogP contribution is -2.03. The van der Waals surface area contributed by atoms with E-state index < -0.39 is 30.0 Å². The number of benzene rings is 2. The molecule has 0 unspecified atom stereocenters. The zero-order chi connectivity index (χ0) is 18.1. The maximum absolute atomic E-state index is 11.2. The van der Waals surface area contributed by atoms with Gasteiger partial charge in [-0.1, -0.05) is 0 Å². The lowest BCUT2D eigenvalue weighted by atomic mass is 10.2. The molecule has 0 bridgehead atoms. The first kappa shape index (κ1) is 18.0. The highest BCUT2D eigenvalue weighted by atomic mass is 32.2. The van der Waals surface area contributed by atoms with E-state index in [1.165, 1.54) is 0 Å². The zero-order valence-electron chi connectivity index (χ0n) is 12.3. The molecule has 0 radical (unpaired) electrons. The van der Waals surface area contributed by atoms with Crippen LogP contribution in [0.2, 0.25) is 0 Å². The minimum absolute atomic E-state index is 0.186. The van der Waals surface area contributed by atoms with Crippen molar-refractivity contribution in [2.24, 2.45) is 10.2 Å². The largest absolute Gasteiger partial charge is 0.399 e. The second kappa shape index (κ2) is 6.28. The highest BCUT2D eigenvalue weighted by molar-refractivity contribution is 7.86. The molecule has 0 fully saturated rings. The van der Waals surface area contributed by atoms with E-state index in [4.69, 9.17) is 14.8 Å². The van der Waals surface area contributed by atoms with E-state index in [9.17, 15) is 16.8 Å². The van der Waals surface area contributed by atoms with Crippen molar-refractivity contribution in [2.45, 2.75) is 16.7 Å². The van der Waals surface area contributed by atoms with Crippen molar-refractivity contribution in [2.75, 3.05) is 5.73 Å². The molecule has 0 saturated heterocycles. The van der Waals surface area contributed by atoms with Crippen LogP contribution in [0.1, 0.15) is 5.56 Å². The highest BCUT2D eigenvalue weighted by Crippen LogP contribution is 2.27. The summed E-state index contributed by atoms with van der Waals surface area (Å²) >= 11 is 0. The van der Waals surface area contributed by atoms with Crippen LogP contribution in [0, 0.1) is 6.92 Å². The van der Waals surface area contributed by atoms with E-state index in [0.29, 0.717) is 23.0 Å². The summed E-state index contributed by atoms with van der Waals surface area (Å²) in [4.78, 5) is -1.47. The van der Waals surface area contributed by atoms with Crippen LogP contribution in [0.5, 0.6) is 0 Å². The minimum Gasteiger partial charge on any atom is -0.399 e. The second-order valence-electron chi connectivity index (χ2n) is 4.86. The van der Waals surface area contributed by atoms with Gasteiger partial charge in [0.1, 0.15) is 0 Å². The van der Waals surface area contributed by atoms with Crippen LogP contribution >= 0.6 is 0 Å². The second-order valence-corrected chi connectivity index (χ2v) is 7.70. The van der Waals surface area contributed by atoms with Crippen molar-refractivity contribution >= 4 is 37.3 Å². The Labute approximate surface area is 138 Å². The Balaban J connectivity index is 2.55. The monoisotopic (exact) mass is 371 g/mol. The van der Waals surface area contributed by atoms with E-state index in [2.05, 4.69) is 10.2 Å². The van der Waals surface area contributed by atoms with Crippen LogP contribution in [0.15, 0.2) is 56.4 Å². The summed E-state index contributed by atoms with van der Waals surface area (Å²) in [5.74, 6) is 0. The fraction of sp³-hybridized carbons (Fsp3) is 0.0769. The summed E-state index contributed by atoms with van der Waals surface area (Å²) in [7, 11) is -9.40. The van der Waals surface area contributed by atoms with Crippen molar-refractivity contribution < 1.29 is 25.9 Å². The van der Waals surface area contributed by atoms with Crippen LogP contribution in [0.25, 0.3) is 0 Å². The quantitative estimate of drug-likeness (QED) is 0.423. The molecule has 128 valence electrons. The van der Waals surface area contributed by atoms with Crippen LogP contribution < -0.4 is 5.73 Å². The Kier molecular flexibility index (Phi) is 4.71. The van der Waals surface area contributed by atoms with E-state index in [-0.39, 0.29) is 5.69 Å². The summed E-state index contributed by atoms with van der Waals surface area (Å²) in [5.41, 5.74) is 7.06. The molecule has 9 nitrogen and oxygen atoms in total. The Bertz CT molecular complexity index is 979. The molecular weight excluding hydrogens is 358 g/mol. The molecule has 4 N–H and O–H groups in total. The van der Waals surface area contributed by atoms with Crippen molar-refractivity contribution in [3.63, 3.8) is 0 Å². The number of azo groups is 1. The third-order valence-electron chi connectivity index (χ3n) is 2.95. The van der Waals surface area contributed by atoms with Gasteiger partial charge in [0, 0.05) is 5.69 Å². The first-order valence-corrected chi connectivity index (χ1v) is 9.23. The molecule has 0 aliphatic heterocycles. The normalized spacial score (nSPS) is 12.6. The summed E-state index contributed by atoms with van der Waals surface area (Å²) in [6.07, 6.45) is 0. The Morgan fingerprint density at radius 1 is 0.875 bits per heavy atom. The van der Waals surface area contributed by atoms with Crippen LogP contribution in [0.3, 0.4) is 0 Å². The summed E-state index contributed by atoms with van der Waals surface area (Å²) in [6.45, 7) is 1.73. The highest BCUT2D eigenvalue weighted by Gasteiger charge is 2.18. The van der Waals surface area contributed by atoms with Gasteiger partial charge in [-0.2, -0.15) is 27.1 Å². The van der Waals surface area contributed by atoms with E-state index >= 15 is 0 Å². The van der Waals surface area contributed by atoms with Gasteiger partial charge in [-0.15, -0.1) is 0 Å². The third-order valence-corrected chi connectivity index (χ3v) is 4.62. The summed E-state index contributed by atoms with van der Waals surface area (Å²) in [5, 5.41) is 7.63. The number of nitrogens with two attached hydrogens (primary N) is 1. The Morgan fingerprint density at radius 3 is 1.88 bits per heavy atom. The fourth-order valence-electron chi connectivity index (χ4n) is 1.81. The number of hydrogen-bond donors (Lipinski definition) is 3. The number of anilines is 1. The van der Waals surface area contributed by atoms with Crippen molar-refractivity contribution in [1.82, 2.24) is 0 Å². The molecule has 2 rings (SSSR count). The zero-order valence-corrected chi connectivity index (χ0v) is 13.9. The summed E-state index contributed by atoms with van der Waals surface area (Å²) in [6, 6.07) is 7.25. The molecule has 0 aromatic heterocycles. The number of nitrogens with zero attached hydrogens (tertiary/aromatic N) is 2. The van der Waals surface area contributed by atoms with Crippen LogP contribution in [-0.4, -0.2) is 25.9 Å². The van der Waals surface area contributed by atoms with Crippen molar-refractivity contribution in [3.8, 4) is 0 Å². The molecule has 11 heteroatoms. The smallest absolute Gasteiger partial charge is 0.294 e. The maximum atomic E-state index is 11.2. The van der Waals surface area contributed by atoms with Crippen LogP contribution in [-0.2, 0) is 20.2 Å². The Hall–Kier alpha value is -2.34. The molecule has 0 heterocycles. The van der Waals surface area contributed by atoms with Gasteiger partial charge in [-0.3, -0.25) is 9.11 Å². The standard InChI is InChI=1S/C13H13N3O6S2/c1-8-4-9(14)2-3-13(8)16-15-10-5-11(23(17,18)19)7-12(6-10)24(20,21)22/h2-7H,14H2,1H3,(H,17,18,19)(H,20,21,22). The molecule has 2 aromatic carbocycles. The number of hydrogen-bond acceptors (Lipinski definition) is 7. The molecule has 0 amide bonds. The third kappa shape index (κ3) is 4.35. The molecular formula is C13H13N3O6S2. The molecule has 24 heavy (non-hydrogen) atoms. The van der Waals surface area contributed by atoms with Crippen molar-refractivity contribution in [3.05, 3.63) is 42.0 Å². The molecule has 0 spiro atoms. The van der Waals surface area contributed by atoms with E-state index in [0.717, 1.165) is 12.1 Å².